The molecular formula is C18H23N. The molecule has 1 heteroatoms. The lowest BCUT2D eigenvalue weighted by atomic mass is 10.0. The van der Waals surface area contributed by atoms with E-state index >= 15 is 0 Å². The molecule has 1 nitrogen and oxygen atoms in total. The number of fused-ring (bicyclic) bond motifs is 5. The van der Waals surface area contributed by atoms with E-state index in [1.165, 1.54) is 31.2 Å². The van der Waals surface area contributed by atoms with E-state index in [4.69, 9.17) is 0 Å². The average molecular weight is 253 g/mol. The van der Waals surface area contributed by atoms with Crippen molar-refractivity contribution in [2.45, 2.75) is 50.6 Å². The number of rotatable bonds is 4. The standard InChI is InChI=1S/C18H23N/c1-3-12(13-5-6-13)4-2-11(1)10-19-18-16-14-7-8-15(9-14)17(16)18/h1-4,13-19H,5-10H2. The van der Waals surface area contributed by atoms with Gasteiger partial charge in [-0.1, -0.05) is 24.3 Å². The van der Waals surface area contributed by atoms with Crippen molar-refractivity contribution in [3.63, 3.8) is 0 Å². The Bertz CT molecular complexity index is 471. The first-order valence-electron chi connectivity index (χ1n) is 8.22. The van der Waals surface area contributed by atoms with Crippen molar-refractivity contribution in [3.05, 3.63) is 35.4 Å². The van der Waals surface area contributed by atoms with Crippen molar-refractivity contribution in [2.24, 2.45) is 23.7 Å². The smallest absolute Gasteiger partial charge is 0.0208 e. The van der Waals surface area contributed by atoms with Gasteiger partial charge < -0.3 is 5.32 Å². The van der Waals surface area contributed by atoms with E-state index in [0.29, 0.717) is 0 Å². The molecule has 1 aromatic rings. The monoisotopic (exact) mass is 253 g/mol. The van der Waals surface area contributed by atoms with Crippen LogP contribution >= 0.6 is 0 Å². The first kappa shape index (κ1) is 10.9. The first-order chi connectivity index (χ1) is 9.40. The lowest BCUT2D eigenvalue weighted by molar-refractivity contribution is 0.456. The van der Waals surface area contributed by atoms with Gasteiger partial charge in [0.2, 0.25) is 0 Å². The summed E-state index contributed by atoms with van der Waals surface area (Å²) < 4.78 is 0. The van der Waals surface area contributed by atoms with Crippen LogP contribution in [-0.4, -0.2) is 6.04 Å². The summed E-state index contributed by atoms with van der Waals surface area (Å²) in [6.45, 7) is 1.09. The summed E-state index contributed by atoms with van der Waals surface area (Å²) >= 11 is 0. The van der Waals surface area contributed by atoms with Crippen molar-refractivity contribution in [1.82, 2.24) is 5.32 Å². The SMILES string of the molecule is c1cc(C2CC2)ccc1CNC1C2C3CCC(C3)C12. The minimum Gasteiger partial charge on any atom is -0.309 e. The summed E-state index contributed by atoms with van der Waals surface area (Å²) in [6, 6.07) is 10.3. The molecule has 0 radical (unpaired) electrons. The molecule has 0 saturated heterocycles. The topological polar surface area (TPSA) is 12.0 Å². The van der Waals surface area contributed by atoms with Gasteiger partial charge in [0.1, 0.15) is 0 Å². The van der Waals surface area contributed by atoms with Gasteiger partial charge in [0.05, 0.1) is 0 Å². The van der Waals surface area contributed by atoms with Gasteiger partial charge in [0.15, 0.2) is 0 Å². The Hall–Kier alpha value is -0.820. The quantitative estimate of drug-likeness (QED) is 0.862. The van der Waals surface area contributed by atoms with Crippen LogP contribution in [0.1, 0.15) is 49.1 Å². The third-order valence-corrected chi connectivity index (χ3v) is 6.31. The van der Waals surface area contributed by atoms with Gasteiger partial charge in [-0.2, -0.15) is 0 Å². The summed E-state index contributed by atoms with van der Waals surface area (Å²) in [7, 11) is 0. The van der Waals surface area contributed by atoms with E-state index in [1.807, 2.05) is 0 Å². The fourth-order valence-corrected chi connectivity index (χ4v) is 5.16. The molecule has 0 aromatic heterocycles. The Balaban J connectivity index is 1.20. The van der Waals surface area contributed by atoms with E-state index in [-0.39, 0.29) is 0 Å². The second kappa shape index (κ2) is 3.85. The molecule has 0 amide bonds. The highest BCUT2D eigenvalue weighted by Crippen LogP contribution is 2.65. The van der Waals surface area contributed by atoms with E-state index in [0.717, 1.165) is 42.2 Å². The Morgan fingerprint density at radius 3 is 2.21 bits per heavy atom. The van der Waals surface area contributed by atoms with Crippen LogP contribution in [0.3, 0.4) is 0 Å². The van der Waals surface area contributed by atoms with Gasteiger partial charge in [-0.15, -0.1) is 0 Å². The number of nitrogens with one attached hydrogen (secondary N) is 1. The zero-order valence-corrected chi connectivity index (χ0v) is 11.5. The molecule has 4 unspecified atom stereocenters. The lowest BCUT2D eigenvalue weighted by Crippen LogP contribution is -2.22. The summed E-state index contributed by atoms with van der Waals surface area (Å²) in [4.78, 5) is 0. The second-order valence-electron chi connectivity index (χ2n) is 7.41. The Kier molecular flexibility index (Phi) is 2.21. The molecule has 4 fully saturated rings. The third kappa shape index (κ3) is 1.71. The highest BCUT2D eigenvalue weighted by atomic mass is 15.0. The minimum atomic E-state index is 0.870. The van der Waals surface area contributed by atoms with Crippen LogP contribution < -0.4 is 5.32 Å². The zero-order valence-electron chi connectivity index (χ0n) is 11.5. The van der Waals surface area contributed by atoms with Gasteiger partial charge >= 0.3 is 0 Å². The van der Waals surface area contributed by atoms with Crippen molar-refractivity contribution >= 4 is 0 Å². The molecule has 4 aliphatic carbocycles. The molecule has 19 heavy (non-hydrogen) atoms. The number of hydrogen-bond donors (Lipinski definition) is 1. The normalized spacial score (nSPS) is 42.4. The molecule has 1 N–H and O–H groups in total. The first-order valence-corrected chi connectivity index (χ1v) is 8.22. The molecule has 4 saturated carbocycles. The Morgan fingerprint density at radius 2 is 1.58 bits per heavy atom. The summed E-state index contributed by atoms with van der Waals surface area (Å²) in [5, 5.41) is 3.84. The summed E-state index contributed by atoms with van der Waals surface area (Å²) in [6.07, 6.45) is 7.43. The summed E-state index contributed by atoms with van der Waals surface area (Å²) in [5.41, 5.74) is 3.03. The highest BCUT2D eigenvalue weighted by Gasteiger charge is 2.64. The van der Waals surface area contributed by atoms with Crippen LogP contribution in [0.25, 0.3) is 0 Å². The Morgan fingerprint density at radius 1 is 0.895 bits per heavy atom. The molecule has 0 spiro atoms. The van der Waals surface area contributed by atoms with Gasteiger partial charge in [-0.3, -0.25) is 0 Å². The van der Waals surface area contributed by atoms with Crippen molar-refractivity contribution in [1.29, 1.82) is 0 Å². The molecule has 0 heterocycles. The lowest BCUT2D eigenvalue weighted by Gasteiger charge is -2.11. The van der Waals surface area contributed by atoms with Gasteiger partial charge in [-0.05, 0) is 72.8 Å². The van der Waals surface area contributed by atoms with Gasteiger partial charge in [-0.25, -0.2) is 0 Å². The Labute approximate surface area is 115 Å². The average Bonchev–Trinajstić information content (AvgIpc) is 3.35. The molecular weight excluding hydrogens is 230 g/mol. The van der Waals surface area contributed by atoms with Crippen LogP contribution in [0.2, 0.25) is 0 Å². The van der Waals surface area contributed by atoms with Crippen LogP contribution in [0.4, 0.5) is 0 Å². The maximum absolute atomic E-state index is 3.84. The highest BCUT2D eigenvalue weighted by molar-refractivity contribution is 5.28. The van der Waals surface area contributed by atoms with Crippen molar-refractivity contribution in [2.75, 3.05) is 0 Å². The largest absolute Gasteiger partial charge is 0.309 e. The van der Waals surface area contributed by atoms with Crippen LogP contribution in [-0.2, 0) is 6.54 Å². The molecule has 1 aromatic carbocycles. The molecule has 2 bridgehead atoms. The van der Waals surface area contributed by atoms with E-state index < -0.39 is 0 Å². The van der Waals surface area contributed by atoms with Crippen molar-refractivity contribution in [3.8, 4) is 0 Å². The zero-order chi connectivity index (χ0) is 12.4. The molecule has 4 aliphatic rings. The van der Waals surface area contributed by atoms with E-state index in [9.17, 15) is 0 Å². The molecule has 4 atom stereocenters. The summed E-state index contributed by atoms with van der Waals surface area (Å²) in [5.74, 6) is 5.18. The van der Waals surface area contributed by atoms with Crippen LogP contribution in [0.5, 0.6) is 0 Å². The van der Waals surface area contributed by atoms with Gasteiger partial charge in [0, 0.05) is 12.6 Å². The fraction of sp³-hybridized carbons (Fsp3) is 0.667. The maximum Gasteiger partial charge on any atom is 0.0208 e. The van der Waals surface area contributed by atoms with E-state index in [2.05, 4.69) is 29.6 Å². The minimum absolute atomic E-state index is 0.870. The number of hydrogen-bond acceptors (Lipinski definition) is 1. The predicted octanol–water partition coefficient (Wildman–Crippen LogP) is 3.70. The van der Waals surface area contributed by atoms with Crippen LogP contribution in [0, 0.1) is 23.7 Å². The predicted molar refractivity (Wildman–Crippen MR) is 76.9 cm³/mol. The molecule has 5 rings (SSSR count). The van der Waals surface area contributed by atoms with E-state index in [1.54, 1.807) is 12.0 Å². The molecule has 100 valence electrons. The third-order valence-electron chi connectivity index (χ3n) is 6.31. The van der Waals surface area contributed by atoms with Gasteiger partial charge in [0.25, 0.3) is 0 Å². The number of benzene rings is 1. The second-order valence-corrected chi connectivity index (χ2v) is 7.41. The van der Waals surface area contributed by atoms with Crippen LogP contribution in [0.15, 0.2) is 24.3 Å². The fourth-order valence-electron chi connectivity index (χ4n) is 5.16. The molecule has 0 aliphatic heterocycles. The van der Waals surface area contributed by atoms with Crippen molar-refractivity contribution < 1.29 is 0 Å². The maximum atomic E-state index is 3.84.